The third-order valence-electron chi connectivity index (χ3n) is 8.35. The van der Waals surface area contributed by atoms with E-state index < -0.39 is 0 Å². The van der Waals surface area contributed by atoms with E-state index in [1.165, 1.54) is 62.5 Å². The zero-order valence-electron chi connectivity index (χ0n) is 19.0. The molecule has 1 nitrogen and oxygen atoms in total. The van der Waals surface area contributed by atoms with Gasteiger partial charge in [-0.15, -0.1) is 0 Å². The van der Waals surface area contributed by atoms with Gasteiger partial charge in [0.25, 0.3) is 0 Å². The maximum atomic E-state index is 10.0. The molecule has 5 atom stereocenters. The van der Waals surface area contributed by atoms with Crippen molar-refractivity contribution < 1.29 is 5.11 Å². The van der Waals surface area contributed by atoms with Gasteiger partial charge in [-0.05, 0) is 86.0 Å². The smallest absolute Gasteiger partial charge is 0.0583 e. The van der Waals surface area contributed by atoms with Gasteiger partial charge in [0.15, 0.2) is 0 Å². The summed E-state index contributed by atoms with van der Waals surface area (Å²) in [5, 5.41) is 10.0. The van der Waals surface area contributed by atoms with Gasteiger partial charge < -0.3 is 5.11 Å². The minimum absolute atomic E-state index is 0.172. The first kappa shape index (κ1) is 21.9. The minimum Gasteiger partial charge on any atom is -0.393 e. The molecule has 158 valence electrons. The Kier molecular flexibility index (Phi) is 7.29. The number of fused-ring (bicyclic) bond motifs is 1. The van der Waals surface area contributed by atoms with Crippen molar-refractivity contribution in [3.63, 3.8) is 0 Å². The molecular weight excluding hydrogens is 340 g/mol. The quantitative estimate of drug-likeness (QED) is 0.499. The van der Waals surface area contributed by atoms with Crippen LogP contribution in [0.15, 0.2) is 35.5 Å². The van der Waals surface area contributed by atoms with Crippen LogP contribution in [0.5, 0.6) is 0 Å². The molecular formula is C27H44O. The van der Waals surface area contributed by atoms with E-state index in [1.807, 2.05) is 0 Å². The van der Waals surface area contributed by atoms with E-state index in [1.54, 1.807) is 5.57 Å². The second-order valence-electron chi connectivity index (χ2n) is 10.8. The summed E-state index contributed by atoms with van der Waals surface area (Å²) in [7, 11) is 0. The van der Waals surface area contributed by atoms with Crippen LogP contribution in [-0.2, 0) is 0 Å². The van der Waals surface area contributed by atoms with E-state index in [0.29, 0.717) is 5.41 Å². The Morgan fingerprint density at radius 1 is 1.11 bits per heavy atom. The lowest BCUT2D eigenvalue weighted by Gasteiger charge is -2.44. The lowest BCUT2D eigenvalue weighted by molar-refractivity contribution is 0.0929. The third-order valence-corrected chi connectivity index (χ3v) is 8.35. The predicted octanol–water partition coefficient (Wildman–Crippen LogP) is 7.62. The molecule has 1 unspecified atom stereocenters. The Hall–Kier alpha value is -0.820. The van der Waals surface area contributed by atoms with Crippen LogP contribution >= 0.6 is 0 Å². The number of rotatable bonds is 6. The molecule has 0 heterocycles. The van der Waals surface area contributed by atoms with Crippen LogP contribution in [0.4, 0.5) is 0 Å². The van der Waals surface area contributed by atoms with Gasteiger partial charge in [0.1, 0.15) is 0 Å². The highest BCUT2D eigenvalue weighted by atomic mass is 16.3. The summed E-state index contributed by atoms with van der Waals surface area (Å²) < 4.78 is 0. The number of aliphatic hydroxyl groups excluding tert-OH is 1. The van der Waals surface area contributed by atoms with Crippen molar-refractivity contribution in [1.29, 1.82) is 0 Å². The molecule has 0 amide bonds. The van der Waals surface area contributed by atoms with Gasteiger partial charge in [-0.2, -0.15) is 0 Å². The Labute approximate surface area is 174 Å². The van der Waals surface area contributed by atoms with Crippen LogP contribution in [0, 0.1) is 29.1 Å². The summed E-state index contributed by atoms with van der Waals surface area (Å²) in [6.45, 7) is 14.1. The van der Waals surface area contributed by atoms with Gasteiger partial charge in [0.05, 0.1) is 6.10 Å². The Morgan fingerprint density at radius 2 is 1.89 bits per heavy atom. The van der Waals surface area contributed by atoms with E-state index in [2.05, 4.69) is 46.4 Å². The van der Waals surface area contributed by atoms with Crippen LogP contribution in [-0.4, -0.2) is 11.2 Å². The fraction of sp³-hybridized carbons (Fsp3) is 0.778. The number of allylic oxidation sites excluding steroid dienone is 4. The third kappa shape index (κ3) is 4.84. The molecule has 0 aromatic carbocycles. The Bertz CT molecular complexity index is 610. The van der Waals surface area contributed by atoms with Crippen LogP contribution in [0.2, 0.25) is 0 Å². The van der Waals surface area contributed by atoms with E-state index in [4.69, 9.17) is 0 Å². The fourth-order valence-corrected chi connectivity index (χ4v) is 6.66. The van der Waals surface area contributed by atoms with Gasteiger partial charge in [0.2, 0.25) is 0 Å². The fourth-order valence-electron chi connectivity index (χ4n) is 6.66. The number of aliphatic hydroxyl groups is 1. The van der Waals surface area contributed by atoms with Crippen molar-refractivity contribution in [3.8, 4) is 0 Å². The molecule has 3 fully saturated rings. The molecule has 0 bridgehead atoms. The molecule has 1 heteroatoms. The molecule has 0 aromatic rings. The molecule has 0 aliphatic heterocycles. The topological polar surface area (TPSA) is 20.2 Å². The van der Waals surface area contributed by atoms with Crippen LogP contribution < -0.4 is 0 Å². The normalized spacial score (nSPS) is 37.6. The minimum atomic E-state index is -0.172. The van der Waals surface area contributed by atoms with Gasteiger partial charge in [-0.1, -0.05) is 76.8 Å². The second-order valence-corrected chi connectivity index (χ2v) is 10.8. The van der Waals surface area contributed by atoms with Crippen molar-refractivity contribution >= 4 is 0 Å². The average molecular weight is 385 g/mol. The molecule has 0 aromatic heterocycles. The van der Waals surface area contributed by atoms with Crippen molar-refractivity contribution in [3.05, 3.63) is 35.5 Å². The molecule has 28 heavy (non-hydrogen) atoms. The van der Waals surface area contributed by atoms with E-state index >= 15 is 0 Å². The summed E-state index contributed by atoms with van der Waals surface area (Å²) >= 11 is 0. The van der Waals surface area contributed by atoms with Crippen molar-refractivity contribution in [2.45, 2.75) is 104 Å². The highest BCUT2D eigenvalue weighted by Gasteiger charge is 2.50. The summed E-state index contributed by atoms with van der Waals surface area (Å²) in [6, 6.07) is 0. The predicted molar refractivity (Wildman–Crippen MR) is 121 cm³/mol. The SMILES string of the molecule is C=C1CC[C@H](O)C/C1=C/C=C1\CCC[C@]2(C)C([C@H](C)CCCC(C)C)CC[C@@H]12. The molecule has 3 rings (SSSR count). The Morgan fingerprint density at radius 3 is 2.64 bits per heavy atom. The lowest BCUT2D eigenvalue weighted by Crippen LogP contribution is -2.36. The standard InChI is InChI=1S/C27H44O/c1-19(2)8-6-9-21(4)25-15-16-26-22(10-7-17-27(25,26)5)12-13-23-18-24(28)14-11-20(23)3/h12-13,19,21,24-26,28H,3,6-11,14-18H2,1-2,4-5H3/b22-12+,23-13-/t21-,24+,25?,26+,27-/m1/s1. The Balaban J connectivity index is 1.70. The number of hydrogen-bond acceptors (Lipinski definition) is 1. The zero-order valence-corrected chi connectivity index (χ0v) is 19.0. The highest BCUT2D eigenvalue weighted by molar-refractivity contribution is 5.36. The van der Waals surface area contributed by atoms with Crippen molar-refractivity contribution in [2.75, 3.05) is 0 Å². The van der Waals surface area contributed by atoms with E-state index in [9.17, 15) is 5.11 Å². The van der Waals surface area contributed by atoms with Crippen LogP contribution in [0.1, 0.15) is 98.3 Å². The van der Waals surface area contributed by atoms with Gasteiger partial charge in [-0.3, -0.25) is 0 Å². The van der Waals surface area contributed by atoms with E-state index in [0.717, 1.165) is 42.9 Å². The lowest BCUT2D eigenvalue weighted by atomic mass is 9.60. The molecule has 3 aliphatic carbocycles. The zero-order chi connectivity index (χ0) is 20.3. The van der Waals surface area contributed by atoms with Crippen molar-refractivity contribution in [2.24, 2.45) is 29.1 Å². The largest absolute Gasteiger partial charge is 0.393 e. The molecule has 3 saturated carbocycles. The van der Waals surface area contributed by atoms with Crippen LogP contribution in [0.25, 0.3) is 0 Å². The summed E-state index contributed by atoms with van der Waals surface area (Å²) in [5.74, 6) is 3.37. The first-order valence-electron chi connectivity index (χ1n) is 12.1. The van der Waals surface area contributed by atoms with E-state index in [-0.39, 0.29) is 6.10 Å². The maximum absolute atomic E-state index is 10.0. The molecule has 0 radical (unpaired) electrons. The van der Waals surface area contributed by atoms with Gasteiger partial charge in [0, 0.05) is 0 Å². The molecule has 0 spiro atoms. The molecule has 3 aliphatic rings. The molecule has 1 N–H and O–H groups in total. The number of hydrogen-bond donors (Lipinski definition) is 1. The van der Waals surface area contributed by atoms with Gasteiger partial charge >= 0.3 is 0 Å². The maximum Gasteiger partial charge on any atom is 0.0583 e. The molecule has 0 saturated heterocycles. The summed E-state index contributed by atoms with van der Waals surface area (Å²) in [6.07, 6.45) is 18.2. The van der Waals surface area contributed by atoms with Crippen molar-refractivity contribution in [1.82, 2.24) is 0 Å². The average Bonchev–Trinajstić information content (AvgIpc) is 2.99. The highest BCUT2D eigenvalue weighted by Crippen LogP contribution is 2.59. The first-order valence-corrected chi connectivity index (χ1v) is 12.1. The monoisotopic (exact) mass is 384 g/mol. The summed E-state index contributed by atoms with van der Waals surface area (Å²) in [4.78, 5) is 0. The first-order chi connectivity index (χ1) is 13.3. The van der Waals surface area contributed by atoms with Crippen LogP contribution in [0.3, 0.4) is 0 Å². The summed E-state index contributed by atoms with van der Waals surface area (Å²) in [5.41, 5.74) is 4.72. The second kappa shape index (κ2) is 9.33. The van der Waals surface area contributed by atoms with Gasteiger partial charge in [-0.25, -0.2) is 0 Å².